The molecule has 2 aromatic rings. The minimum Gasteiger partial charge on any atom is -1.00 e. The van der Waals surface area contributed by atoms with Gasteiger partial charge in [0.2, 0.25) is 0 Å². The molecule has 4 rings (SSSR count). The maximum absolute atomic E-state index is 5.29. The predicted molar refractivity (Wildman–Crippen MR) is 85.6 cm³/mol. The van der Waals surface area contributed by atoms with E-state index in [9.17, 15) is 0 Å². The van der Waals surface area contributed by atoms with E-state index in [2.05, 4.69) is 12.1 Å². The van der Waals surface area contributed by atoms with Crippen molar-refractivity contribution in [3.8, 4) is 0 Å². The first kappa shape index (κ1) is 24.7. The summed E-state index contributed by atoms with van der Waals surface area (Å²) in [7, 11) is 0. The van der Waals surface area contributed by atoms with E-state index < -0.39 is 0 Å². The summed E-state index contributed by atoms with van der Waals surface area (Å²) in [5, 5.41) is 0. The van der Waals surface area contributed by atoms with Gasteiger partial charge in [-0.25, -0.2) is 0 Å². The predicted octanol–water partition coefficient (Wildman–Crippen LogP) is -3.31. The summed E-state index contributed by atoms with van der Waals surface area (Å²) in [4.78, 5) is 0. The Hall–Kier alpha value is -0.341. The summed E-state index contributed by atoms with van der Waals surface area (Å²) in [5.41, 5.74) is 1.95. The van der Waals surface area contributed by atoms with Gasteiger partial charge >= 0.3 is 23.9 Å². The first-order chi connectivity index (χ1) is 10.9. The van der Waals surface area contributed by atoms with E-state index in [-0.39, 0.29) is 61.3 Å². The van der Waals surface area contributed by atoms with Gasteiger partial charge in [0.15, 0.2) is 12.6 Å². The summed E-state index contributed by atoms with van der Waals surface area (Å²) in [6, 6.07) is 21.5. The molecule has 0 bridgehead atoms. The Balaban J connectivity index is 0.000000411. The van der Waals surface area contributed by atoms with Crippen molar-refractivity contribution in [2.75, 3.05) is 26.4 Å². The quantitative estimate of drug-likeness (QED) is 0.416. The Kier molecular flexibility index (Phi) is 13.6. The fourth-order valence-electron chi connectivity index (χ4n) is 2.18. The zero-order chi connectivity index (χ0) is 15.0. The number of hydrogen-bond donors (Lipinski definition) is 0. The van der Waals surface area contributed by atoms with E-state index in [1.807, 2.05) is 48.5 Å². The molecule has 0 aliphatic carbocycles. The van der Waals surface area contributed by atoms with Gasteiger partial charge in [-0.3, -0.25) is 0 Å². The third-order valence-corrected chi connectivity index (χ3v) is 3.22. The van der Waals surface area contributed by atoms with E-state index in [1.165, 1.54) is 0 Å². The largest absolute Gasteiger partial charge is 2.00 e. The smallest absolute Gasteiger partial charge is 1.00 e. The van der Waals surface area contributed by atoms with Gasteiger partial charge in [-0.15, -0.1) is 0 Å². The van der Waals surface area contributed by atoms with Crippen molar-refractivity contribution in [3.05, 3.63) is 71.8 Å². The van der Waals surface area contributed by atoms with Crippen molar-refractivity contribution in [2.45, 2.75) is 12.6 Å². The molecule has 2 saturated heterocycles. The monoisotopic (exact) mass is 488 g/mol. The maximum atomic E-state index is 5.29. The Morgan fingerprint density at radius 3 is 1.28 bits per heavy atom. The average Bonchev–Trinajstić information content (AvgIpc) is 3.31. The third-order valence-electron chi connectivity index (χ3n) is 3.22. The first-order valence-electron chi connectivity index (χ1n) is 7.33. The van der Waals surface area contributed by atoms with Crippen molar-refractivity contribution in [1.82, 2.24) is 0 Å². The molecule has 25 heavy (non-hydrogen) atoms. The van der Waals surface area contributed by atoms with E-state index >= 15 is 0 Å². The molecule has 7 heteroatoms. The molecule has 2 aliphatic heterocycles. The average molecular weight is 488 g/mol. The standard InChI is InChI=1S/2C9H9O2.2ClH.Sn/c2*1-2-4-8(5-3-1)9-10-6-7-11-9;;;/h2*1-4,9H,6-7H2;2*1H;/q;;;;+2/p-2. The van der Waals surface area contributed by atoms with Crippen LogP contribution in [0.4, 0.5) is 0 Å². The molecule has 0 amide bonds. The van der Waals surface area contributed by atoms with E-state index in [1.54, 1.807) is 0 Å². The second-order valence-electron chi connectivity index (χ2n) is 4.78. The Morgan fingerprint density at radius 1 is 0.640 bits per heavy atom. The van der Waals surface area contributed by atoms with Crippen LogP contribution in [0.5, 0.6) is 0 Å². The first-order valence-corrected chi connectivity index (χ1v) is 7.33. The molecule has 2 heterocycles. The van der Waals surface area contributed by atoms with Gasteiger partial charge in [0.25, 0.3) is 0 Å². The fourth-order valence-corrected chi connectivity index (χ4v) is 2.18. The molecule has 4 radical (unpaired) electrons. The number of rotatable bonds is 2. The molecule has 2 aromatic carbocycles. The van der Waals surface area contributed by atoms with Gasteiger partial charge in [-0.05, 0) is 12.1 Å². The molecule has 0 spiro atoms. The van der Waals surface area contributed by atoms with Crippen LogP contribution in [0.3, 0.4) is 0 Å². The van der Waals surface area contributed by atoms with Gasteiger partial charge in [0, 0.05) is 11.1 Å². The number of ether oxygens (including phenoxy) is 4. The van der Waals surface area contributed by atoms with Crippen LogP contribution in [0.15, 0.2) is 48.5 Å². The van der Waals surface area contributed by atoms with Crippen molar-refractivity contribution in [2.24, 2.45) is 0 Å². The van der Waals surface area contributed by atoms with Gasteiger partial charge < -0.3 is 43.8 Å². The topological polar surface area (TPSA) is 36.9 Å². The minimum atomic E-state index is -0.184. The van der Waals surface area contributed by atoms with Crippen LogP contribution in [-0.4, -0.2) is 50.3 Å². The summed E-state index contributed by atoms with van der Waals surface area (Å²) in [6.07, 6.45) is -0.368. The summed E-state index contributed by atoms with van der Waals surface area (Å²) >= 11 is 0. The van der Waals surface area contributed by atoms with Crippen LogP contribution >= 0.6 is 0 Å². The maximum Gasteiger partial charge on any atom is 2.00 e. The van der Waals surface area contributed by atoms with Crippen LogP contribution in [-0.2, 0) is 18.9 Å². The molecular weight excluding hydrogens is 470 g/mol. The number of halogens is 2. The van der Waals surface area contributed by atoms with Gasteiger partial charge in [0.05, 0.1) is 26.4 Å². The molecular formula is C18H18Cl2O4Sn. The second kappa shape index (κ2) is 13.8. The van der Waals surface area contributed by atoms with Gasteiger partial charge in [-0.1, -0.05) is 48.5 Å². The van der Waals surface area contributed by atoms with Crippen LogP contribution < -0.4 is 24.8 Å². The van der Waals surface area contributed by atoms with E-state index in [0.29, 0.717) is 26.4 Å². The van der Waals surface area contributed by atoms with Crippen molar-refractivity contribution >= 4 is 23.9 Å². The molecule has 4 nitrogen and oxygen atoms in total. The van der Waals surface area contributed by atoms with E-state index in [0.717, 1.165) is 11.1 Å². The summed E-state index contributed by atoms with van der Waals surface area (Å²) in [5.74, 6) is 0. The molecule has 0 atom stereocenters. The van der Waals surface area contributed by atoms with Gasteiger partial charge in [-0.2, -0.15) is 0 Å². The zero-order valence-electron chi connectivity index (χ0n) is 13.5. The van der Waals surface area contributed by atoms with E-state index in [4.69, 9.17) is 18.9 Å². The van der Waals surface area contributed by atoms with Crippen LogP contribution in [0.25, 0.3) is 0 Å². The van der Waals surface area contributed by atoms with Crippen LogP contribution in [0.1, 0.15) is 23.7 Å². The molecule has 2 fully saturated rings. The van der Waals surface area contributed by atoms with Crippen molar-refractivity contribution < 1.29 is 43.8 Å². The van der Waals surface area contributed by atoms with Gasteiger partial charge in [0.1, 0.15) is 0 Å². The Bertz CT molecular complexity index is 496. The number of benzene rings is 2. The second-order valence-corrected chi connectivity index (χ2v) is 4.78. The summed E-state index contributed by atoms with van der Waals surface area (Å²) < 4.78 is 21.1. The minimum absolute atomic E-state index is 0. The van der Waals surface area contributed by atoms with Crippen LogP contribution in [0.2, 0.25) is 0 Å². The Labute approximate surface area is 178 Å². The molecule has 0 aromatic heterocycles. The summed E-state index contributed by atoms with van der Waals surface area (Å²) in [6.45, 7) is 2.75. The SMILES string of the molecule is [Cl-].[Cl-].[Sn+2].[c]1ccccc1C1OCCO1.[c]1ccccc1C1OCCO1. The normalized spacial score (nSPS) is 16.6. The van der Waals surface area contributed by atoms with Crippen molar-refractivity contribution in [3.63, 3.8) is 0 Å². The van der Waals surface area contributed by atoms with Crippen LogP contribution in [0, 0.1) is 12.1 Å². The molecule has 2 aliphatic rings. The molecule has 0 saturated carbocycles. The Morgan fingerprint density at radius 2 is 1.00 bits per heavy atom. The number of hydrogen-bond acceptors (Lipinski definition) is 4. The molecule has 132 valence electrons. The van der Waals surface area contributed by atoms with Crippen molar-refractivity contribution in [1.29, 1.82) is 0 Å². The third kappa shape index (κ3) is 7.83. The molecule has 0 unspecified atom stereocenters. The fraction of sp³-hybridized carbons (Fsp3) is 0.333. The molecule has 0 N–H and O–H groups in total. The zero-order valence-corrected chi connectivity index (χ0v) is 17.9.